The van der Waals surface area contributed by atoms with Crippen molar-refractivity contribution in [1.29, 1.82) is 0 Å². The molecule has 15 heteroatoms. The van der Waals surface area contributed by atoms with Gasteiger partial charge in [0.05, 0.1) is 12.1 Å². The molecule has 1 saturated carbocycles. The lowest BCUT2D eigenvalue weighted by Gasteiger charge is -2.54. The molecule has 2 aliphatic rings. The first-order chi connectivity index (χ1) is 20.5. The molecule has 2 N–H and O–H groups in total. The van der Waals surface area contributed by atoms with Gasteiger partial charge in [-0.3, -0.25) is 19.6 Å². The van der Waals surface area contributed by atoms with Gasteiger partial charge in [0.2, 0.25) is 0 Å². The van der Waals surface area contributed by atoms with Crippen molar-refractivity contribution in [2.75, 3.05) is 12.4 Å². The van der Waals surface area contributed by atoms with Crippen molar-refractivity contribution >= 4 is 40.1 Å². The highest BCUT2D eigenvalue weighted by molar-refractivity contribution is 14.1. The molecule has 0 bridgehead atoms. The van der Waals surface area contributed by atoms with Crippen molar-refractivity contribution in [2.24, 2.45) is 0 Å². The van der Waals surface area contributed by atoms with Gasteiger partial charge in [-0.2, -0.15) is 22.0 Å². The standard InChI is InChI=1S/C29H22F7IN4O3/c1-40-27(10-3-11-27)24(42)22(26(44)41(40)14-16-4-2-5-19(30)23(16)31)25(43)39-20-8-7-17(29(35,36)37)12-18(20)15-6-9-21(38-13-15)28(32,33)34/h2,4-9,12-13,42H,3,10-11,14H2,1H3,(H,39,43). The number of hydrogen-bond donors (Lipinski definition) is 2. The summed E-state index contributed by atoms with van der Waals surface area (Å²) >= 11 is 0.873. The first kappa shape index (κ1) is 31.7. The molecule has 3 aromatic rings. The summed E-state index contributed by atoms with van der Waals surface area (Å²) in [6.07, 6.45) is -2.69. The Hall–Kier alpha value is -3.73. The maximum Gasteiger partial charge on any atom is 0.433 e. The highest BCUT2D eigenvalue weighted by Crippen LogP contribution is 2.47. The van der Waals surface area contributed by atoms with Gasteiger partial charge in [-0.25, -0.2) is 13.8 Å². The smallest absolute Gasteiger partial charge is 0.433 e. The Balaban J connectivity index is 1.54. The van der Waals surface area contributed by atoms with Crippen LogP contribution in [0.2, 0.25) is 0 Å². The number of aromatic nitrogens is 1. The van der Waals surface area contributed by atoms with E-state index in [1.807, 2.05) is 0 Å². The van der Waals surface area contributed by atoms with Crippen LogP contribution in [0.1, 0.15) is 36.1 Å². The molecule has 0 atom stereocenters. The molecular formula is C29H22F7IN4O3. The summed E-state index contributed by atoms with van der Waals surface area (Å²) < 4.78 is 92.7. The van der Waals surface area contributed by atoms with E-state index >= 15 is 0 Å². The van der Waals surface area contributed by atoms with Gasteiger partial charge in [0.25, 0.3) is 11.8 Å². The Morgan fingerprint density at radius 2 is 1.80 bits per heavy atom. The second kappa shape index (κ2) is 11.3. The molecule has 1 aliphatic carbocycles. The van der Waals surface area contributed by atoms with Crippen molar-refractivity contribution in [1.82, 2.24) is 15.0 Å². The number of carbonyl (C=O) groups is 2. The third-order valence-corrected chi connectivity index (χ3v) is 8.45. The van der Waals surface area contributed by atoms with Crippen LogP contribution >= 0.6 is 22.6 Å². The number of alkyl halides is 6. The zero-order valence-electron chi connectivity index (χ0n) is 22.7. The second-order valence-electron chi connectivity index (χ2n) is 10.4. The van der Waals surface area contributed by atoms with Crippen LogP contribution in [0, 0.1) is 11.6 Å². The quantitative estimate of drug-likeness (QED) is 0.122. The summed E-state index contributed by atoms with van der Waals surface area (Å²) in [6.45, 7) is -0.480. The molecule has 2 amide bonds. The molecule has 1 aliphatic heterocycles. The van der Waals surface area contributed by atoms with E-state index < -0.39 is 68.2 Å². The summed E-state index contributed by atoms with van der Waals surface area (Å²) in [5.41, 5.74) is -4.20. The average molecular weight is 734 g/mol. The molecule has 5 rings (SSSR count). The molecular weight excluding hydrogens is 712 g/mol. The maximum atomic E-state index is 14.5. The summed E-state index contributed by atoms with van der Waals surface area (Å²) in [5, 5.41) is 16.0. The average Bonchev–Trinajstić information content (AvgIpc) is 2.92. The molecule has 0 saturated heterocycles. The van der Waals surface area contributed by atoms with Gasteiger partial charge in [0.1, 0.15) is 17.0 Å². The van der Waals surface area contributed by atoms with Crippen LogP contribution in [-0.2, 0) is 26.2 Å². The summed E-state index contributed by atoms with van der Waals surface area (Å²) in [4.78, 5) is 30.7. The van der Waals surface area contributed by atoms with E-state index in [-0.39, 0.29) is 22.4 Å². The monoisotopic (exact) mass is 734 g/mol. The minimum absolute atomic E-state index is 0.0534. The van der Waals surface area contributed by atoms with Crippen LogP contribution in [0.5, 0.6) is 0 Å². The number of likely N-dealkylation sites (N-methyl/N-ethyl adjacent to an activating group) is 1. The number of rotatable bonds is 6. The predicted octanol–water partition coefficient (Wildman–Crippen LogP) is 7.09. The number of nitrogens with one attached hydrogen (secondary N) is 1. The van der Waals surface area contributed by atoms with E-state index in [4.69, 9.17) is 0 Å². The fourth-order valence-corrected chi connectivity index (χ4v) is 5.58. The Bertz CT molecular complexity index is 1670. The molecule has 232 valence electrons. The van der Waals surface area contributed by atoms with Crippen LogP contribution in [-0.4, -0.2) is 44.5 Å². The fourth-order valence-electron chi connectivity index (χ4n) is 5.24. The molecule has 44 heavy (non-hydrogen) atoms. The largest absolute Gasteiger partial charge is 0.509 e. The number of carbonyl (C=O) groups excluding carboxylic acids is 2. The number of benzene rings is 2. The number of hydrogen-bond acceptors (Lipinski definition) is 5. The Morgan fingerprint density at radius 3 is 2.36 bits per heavy atom. The summed E-state index contributed by atoms with van der Waals surface area (Å²) in [7, 11) is 1.47. The van der Waals surface area contributed by atoms with Crippen LogP contribution < -0.4 is 5.32 Å². The van der Waals surface area contributed by atoms with E-state index in [9.17, 15) is 45.4 Å². The minimum atomic E-state index is -4.76. The molecule has 1 spiro atoms. The van der Waals surface area contributed by atoms with Crippen molar-refractivity contribution in [3.8, 4) is 11.1 Å². The van der Waals surface area contributed by atoms with Crippen molar-refractivity contribution in [2.45, 2.75) is 41.5 Å². The van der Waals surface area contributed by atoms with Gasteiger partial charge in [-0.1, -0.05) is 24.3 Å². The zero-order chi connectivity index (χ0) is 32.2. The van der Waals surface area contributed by atoms with Crippen LogP contribution in [0.4, 0.5) is 36.4 Å². The highest BCUT2D eigenvalue weighted by Gasteiger charge is 2.55. The second-order valence-corrected chi connectivity index (χ2v) is 11.7. The lowest BCUT2D eigenvalue weighted by molar-refractivity contribution is -0.172. The number of anilines is 1. The predicted molar refractivity (Wildman–Crippen MR) is 152 cm³/mol. The Morgan fingerprint density at radius 1 is 1.09 bits per heavy atom. The molecule has 2 aromatic carbocycles. The van der Waals surface area contributed by atoms with Gasteiger partial charge in [0, 0.05) is 63.8 Å². The van der Waals surface area contributed by atoms with Gasteiger partial charge in [-0.05, 0) is 43.5 Å². The first-order valence-electron chi connectivity index (χ1n) is 13.0. The number of nitrogens with zero attached hydrogens (tertiary/aromatic N) is 3. The van der Waals surface area contributed by atoms with E-state index in [0.29, 0.717) is 25.3 Å². The highest BCUT2D eigenvalue weighted by atomic mass is 127. The topological polar surface area (TPSA) is 85.8 Å². The normalized spacial score (nSPS) is 17.2. The lowest BCUT2D eigenvalue weighted by atomic mass is 9.72. The van der Waals surface area contributed by atoms with Crippen LogP contribution in [0.3, 0.4) is 0 Å². The molecule has 1 fully saturated rings. The van der Waals surface area contributed by atoms with Gasteiger partial charge >= 0.3 is 10.1 Å². The molecule has 1 aromatic heterocycles. The van der Waals surface area contributed by atoms with Crippen LogP contribution in [0.25, 0.3) is 11.1 Å². The molecule has 0 unspecified atom stereocenters. The van der Waals surface area contributed by atoms with Gasteiger partial charge < -0.3 is 10.4 Å². The number of aliphatic hydroxyl groups excluding tert-OH is 1. The minimum Gasteiger partial charge on any atom is -0.509 e. The van der Waals surface area contributed by atoms with Gasteiger partial charge in [0.15, 0.2) is 11.6 Å². The third kappa shape index (κ3) is 5.62. The van der Waals surface area contributed by atoms with Gasteiger partial charge in [-0.15, -0.1) is 0 Å². The van der Waals surface area contributed by atoms with Crippen LogP contribution in [0.15, 0.2) is 66.1 Å². The van der Waals surface area contributed by atoms with Crippen molar-refractivity contribution < 1.29 is 45.4 Å². The molecule has 7 nitrogen and oxygen atoms in total. The van der Waals surface area contributed by atoms with E-state index in [2.05, 4.69) is 10.3 Å². The lowest BCUT2D eigenvalue weighted by Crippen LogP contribution is -2.65. The summed E-state index contributed by atoms with van der Waals surface area (Å²) in [6, 6.07) is 8.09. The Kier molecular flexibility index (Phi) is 8.15. The third-order valence-electron chi connectivity index (χ3n) is 7.83. The van der Waals surface area contributed by atoms with Crippen molar-refractivity contribution in [3.05, 3.63) is 94.5 Å². The Labute approximate surface area is 259 Å². The number of hydrazine groups is 1. The fraction of sp³-hybridized carbons (Fsp3) is 0.276. The first-order valence-corrected chi connectivity index (χ1v) is 14.1. The SMILES string of the molecule is CN1N(Cc2cccc(F)c2F)C(=O)C(C(=O)Nc2ccc(C(F)(F)I)cc2-c2ccc(C(F)(F)F)nc2)=C(O)C12CCC2. The number of pyridine rings is 1. The summed E-state index contributed by atoms with van der Waals surface area (Å²) in [5.74, 6) is -5.08. The number of aliphatic hydroxyl groups is 1. The number of halogens is 8. The molecule has 2 heterocycles. The zero-order valence-corrected chi connectivity index (χ0v) is 24.8. The van der Waals surface area contributed by atoms with E-state index in [0.717, 1.165) is 64.1 Å². The van der Waals surface area contributed by atoms with Crippen molar-refractivity contribution in [3.63, 3.8) is 0 Å². The van der Waals surface area contributed by atoms with E-state index in [1.165, 1.54) is 24.2 Å². The number of amides is 2. The van der Waals surface area contributed by atoms with E-state index in [1.54, 1.807) is 0 Å². The maximum absolute atomic E-state index is 14.5. The molecule has 0 radical (unpaired) electrons.